The number of carbonyl (C=O) groups is 1. The predicted molar refractivity (Wildman–Crippen MR) is 145 cm³/mol. The van der Waals surface area contributed by atoms with Crippen molar-refractivity contribution in [1.29, 1.82) is 0 Å². The topological polar surface area (TPSA) is 81.5 Å². The van der Waals surface area contributed by atoms with Crippen molar-refractivity contribution in [2.45, 2.75) is 39.3 Å². The third-order valence-electron chi connectivity index (χ3n) is 6.42. The first-order valence-corrected chi connectivity index (χ1v) is 12.7. The number of hydrogen-bond donors (Lipinski definition) is 1. The lowest BCUT2D eigenvalue weighted by Crippen LogP contribution is -2.26. The Kier molecular flexibility index (Phi) is 7.04. The van der Waals surface area contributed by atoms with Gasteiger partial charge < -0.3 is 19.7 Å². The number of ether oxygens (including phenoxy) is 2. The average Bonchev–Trinajstić information content (AvgIpc) is 3.22. The van der Waals surface area contributed by atoms with Crippen LogP contribution in [0.5, 0.6) is 5.75 Å². The van der Waals surface area contributed by atoms with Gasteiger partial charge >= 0.3 is 5.97 Å². The number of nitrogens with one attached hydrogen (secondary N) is 1. The summed E-state index contributed by atoms with van der Waals surface area (Å²) < 4.78 is 12.9. The Morgan fingerprint density at radius 3 is 2.81 bits per heavy atom. The number of rotatable bonds is 7. The van der Waals surface area contributed by atoms with Crippen LogP contribution in [0, 0.1) is 0 Å². The fourth-order valence-electron chi connectivity index (χ4n) is 4.73. The molecule has 0 unspecified atom stereocenters. The number of fused-ring (bicyclic) bond motifs is 2. The molecule has 0 fully saturated rings. The van der Waals surface area contributed by atoms with Gasteiger partial charge in [-0.1, -0.05) is 29.8 Å². The molecule has 9 heteroatoms. The third-order valence-corrected chi connectivity index (χ3v) is 6.69. The molecule has 2 aromatic heterocycles. The van der Waals surface area contributed by atoms with Crippen molar-refractivity contribution in [2.75, 3.05) is 26.0 Å². The lowest BCUT2D eigenvalue weighted by Gasteiger charge is -2.26. The van der Waals surface area contributed by atoms with Crippen molar-refractivity contribution in [3.63, 3.8) is 0 Å². The minimum absolute atomic E-state index is 0.153. The fourth-order valence-corrected chi connectivity index (χ4v) is 4.91. The monoisotopic (exact) mass is 519 g/mol. The predicted octanol–water partition coefficient (Wildman–Crippen LogP) is 5.31. The molecule has 1 aliphatic rings. The van der Waals surface area contributed by atoms with Gasteiger partial charge in [-0.05, 0) is 62.2 Å². The molecule has 5 rings (SSSR count). The number of esters is 1. The van der Waals surface area contributed by atoms with Gasteiger partial charge in [-0.25, -0.2) is 4.98 Å². The number of methoxy groups -OCH3 is 1. The van der Waals surface area contributed by atoms with E-state index in [1.54, 1.807) is 13.3 Å². The number of hydrogen-bond acceptors (Lipinski definition) is 7. The van der Waals surface area contributed by atoms with Gasteiger partial charge in [0, 0.05) is 24.7 Å². The molecule has 0 spiro atoms. The Bertz CT molecular complexity index is 1470. The maximum Gasteiger partial charge on any atom is 0.310 e. The molecule has 0 saturated heterocycles. The SMILES string of the molecule is COc1cc2c(cc1Nc1ncc(Cl)c(-n3cc(CC(=O)OC(C)C)c4ccccc43)n1)CN(C)CC2. The standard InChI is InChI=1S/C28H30ClN5O3/c1-17(2)37-26(35)13-20-16-34(24-8-6-5-7-21(20)24)27-22(29)14-30-28(32-27)31-23-11-19-15-33(3)10-9-18(19)12-25(23)36-4/h5-8,11-12,14,16-17H,9-10,13,15H2,1-4H3,(H,30,31,32). The smallest absolute Gasteiger partial charge is 0.310 e. The summed E-state index contributed by atoms with van der Waals surface area (Å²) in [4.78, 5) is 23.9. The van der Waals surface area contributed by atoms with E-state index in [2.05, 4.69) is 34.4 Å². The second-order valence-electron chi connectivity index (χ2n) is 9.56. The van der Waals surface area contributed by atoms with Crippen molar-refractivity contribution in [2.24, 2.45) is 0 Å². The number of halogens is 1. The van der Waals surface area contributed by atoms with E-state index in [9.17, 15) is 4.79 Å². The Balaban J connectivity index is 1.51. The lowest BCUT2D eigenvalue weighted by molar-refractivity contribution is -0.146. The van der Waals surface area contributed by atoms with Gasteiger partial charge in [-0.3, -0.25) is 9.36 Å². The zero-order chi connectivity index (χ0) is 26.1. The van der Waals surface area contributed by atoms with Crippen molar-refractivity contribution in [3.8, 4) is 11.6 Å². The Labute approximate surface area is 221 Å². The summed E-state index contributed by atoms with van der Waals surface area (Å²) in [6, 6.07) is 12.0. The van der Waals surface area contributed by atoms with E-state index >= 15 is 0 Å². The molecule has 0 bridgehead atoms. The molecule has 1 N–H and O–H groups in total. The molecule has 0 atom stereocenters. The molecule has 0 radical (unpaired) electrons. The molecule has 8 nitrogen and oxygen atoms in total. The summed E-state index contributed by atoms with van der Waals surface area (Å²) in [5.74, 6) is 1.36. The molecule has 3 heterocycles. The van der Waals surface area contributed by atoms with Crippen LogP contribution in [0.3, 0.4) is 0 Å². The van der Waals surface area contributed by atoms with E-state index in [0.29, 0.717) is 16.8 Å². The first kappa shape index (κ1) is 25.0. The second-order valence-corrected chi connectivity index (χ2v) is 9.96. The Morgan fingerprint density at radius 1 is 1.22 bits per heavy atom. The van der Waals surface area contributed by atoms with E-state index in [4.69, 9.17) is 26.1 Å². The van der Waals surface area contributed by atoms with Gasteiger partial charge in [0.1, 0.15) is 10.8 Å². The summed E-state index contributed by atoms with van der Waals surface area (Å²) in [7, 11) is 3.78. The van der Waals surface area contributed by atoms with E-state index in [-0.39, 0.29) is 18.5 Å². The van der Waals surface area contributed by atoms with E-state index in [1.165, 1.54) is 11.1 Å². The maximum atomic E-state index is 12.4. The Hall–Kier alpha value is -3.62. The zero-order valence-corrected chi connectivity index (χ0v) is 22.2. The van der Waals surface area contributed by atoms with Crippen molar-refractivity contribution < 1.29 is 14.3 Å². The highest BCUT2D eigenvalue weighted by atomic mass is 35.5. The van der Waals surface area contributed by atoms with Gasteiger partial charge in [-0.15, -0.1) is 0 Å². The maximum absolute atomic E-state index is 12.4. The highest BCUT2D eigenvalue weighted by Crippen LogP contribution is 2.34. The summed E-state index contributed by atoms with van der Waals surface area (Å²) in [6.45, 7) is 5.57. The summed E-state index contributed by atoms with van der Waals surface area (Å²) >= 11 is 6.59. The van der Waals surface area contributed by atoms with Crippen molar-refractivity contribution >= 4 is 40.1 Å². The van der Waals surface area contributed by atoms with E-state index in [0.717, 1.165) is 47.4 Å². The zero-order valence-electron chi connectivity index (χ0n) is 21.4. The molecule has 0 amide bonds. The number of para-hydroxylation sites is 1. The number of aromatic nitrogens is 3. The lowest BCUT2D eigenvalue weighted by atomic mass is 9.99. The molecule has 4 aromatic rings. The van der Waals surface area contributed by atoms with Gasteiger partial charge in [-0.2, -0.15) is 4.98 Å². The molecule has 192 valence electrons. The van der Waals surface area contributed by atoms with Crippen LogP contribution >= 0.6 is 11.6 Å². The molecule has 2 aromatic carbocycles. The normalized spacial score (nSPS) is 13.6. The van der Waals surface area contributed by atoms with Crippen LogP contribution in [-0.2, 0) is 28.9 Å². The fraction of sp³-hybridized carbons (Fsp3) is 0.321. The minimum atomic E-state index is -0.279. The first-order valence-electron chi connectivity index (χ1n) is 12.3. The van der Waals surface area contributed by atoms with Crippen LogP contribution in [0.4, 0.5) is 11.6 Å². The van der Waals surface area contributed by atoms with E-state index < -0.39 is 0 Å². The van der Waals surface area contributed by atoms with Crippen LogP contribution < -0.4 is 10.1 Å². The molecule has 1 aliphatic heterocycles. The first-order chi connectivity index (χ1) is 17.8. The number of nitrogens with zero attached hydrogens (tertiary/aromatic N) is 4. The quantitative estimate of drug-likeness (QED) is 0.331. The van der Waals surface area contributed by atoms with Gasteiger partial charge in [0.2, 0.25) is 5.95 Å². The highest BCUT2D eigenvalue weighted by Gasteiger charge is 2.20. The molecule has 0 saturated carbocycles. The average molecular weight is 520 g/mol. The number of carbonyl (C=O) groups excluding carboxylic acids is 1. The van der Waals surface area contributed by atoms with Crippen LogP contribution in [0.2, 0.25) is 5.02 Å². The van der Waals surface area contributed by atoms with Crippen LogP contribution in [0.25, 0.3) is 16.7 Å². The van der Waals surface area contributed by atoms with Crippen molar-refractivity contribution in [1.82, 2.24) is 19.4 Å². The van der Waals surface area contributed by atoms with Crippen LogP contribution in [-0.4, -0.2) is 52.2 Å². The molecule has 0 aliphatic carbocycles. The number of likely N-dealkylation sites (N-methyl/N-ethyl adjacent to an activating group) is 1. The largest absolute Gasteiger partial charge is 0.495 e. The van der Waals surface area contributed by atoms with Crippen molar-refractivity contribution in [3.05, 3.63) is 70.5 Å². The minimum Gasteiger partial charge on any atom is -0.495 e. The second kappa shape index (κ2) is 10.4. The van der Waals surface area contributed by atoms with E-state index in [1.807, 2.05) is 48.9 Å². The molecular weight excluding hydrogens is 490 g/mol. The number of anilines is 2. The van der Waals surface area contributed by atoms with Crippen LogP contribution in [0.15, 0.2) is 48.8 Å². The highest BCUT2D eigenvalue weighted by molar-refractivity contribution is 6.32. The van der Waals surface area contributed by atoms with Gasteiger partial charge in [0.15, 0.2) is 5.82 Å². The van der Waals surface area contributed by atoms with Gasteiger partial charge in [0.05, 0.1) is 37.0 Å². The molecular formula is C28H30ClN5O3. The summed E-state index contributed by atoms with van der Waals surface area (Å²) in [5, 5.41) is 4.65. The Morgan fingerprint density at radius 2 is 2.03 bits per heavy atom. The number of benzene rings is 2. The van der Waals surface area contributed by atoms with Gasteiger partial charge in [0.25, 0.3) is 0 Å². The summed E-state index contributed by atoms with van der Waals surface area (Å²) in [5.41, 5.74) is 5.06. The summed E-state index contributed by atoms with van der Waals surface area (Å²) in [6.07, 6.45) is 4.43. The third kappa shape index (κ3) is 5.26. The van der Waals surface area contributed by atoms with Crippen LogP contribution in [0.1, 0.15) is 30.5 Å². The molecule has 37 heavy (non-hydrogen) atoms.